The molecule has 0 unspecified atom stereocenters. The SMILES string of the molecule is c1ccc(-c2ccc3c4cc5ccccc5cc4n(-c4ccc(-c5nc(-c6ccccc6)cc(-c6ccccc6)n5)c5ccccc45)c3c2)cc1. The summed E-state index contributed by atoms with van der Waals surface area (Å²) in [5.41, 5.74) is 10.8. The van der Waals surface area contributed by atoms with Gasteiger partial charge in [-0.15, -0.1) is 0 Å². The molecule has 51 heavy (non-hydrogen) atoms. The van der Waals surface area contributed by atoms with Crippen molar-refractivity contribution in [2.45, 2.75) is 0 Å². The molecule has 238 valence electrons. The Hall–Kier alpha value is -6.84. The smallest absolute Gasteiger partial charge is 0.161 e. The van der Waals surface area contributed by atoms with Crippen LogP contribution in [0.25, 0.3) is 94.1 Å². The summed E-state index contributed by atoms with van der Waals surface area (Å²) in [7, 11) is 0. The summed E-state index contributed by atoms with van der Waals surface area (Å²) in [6.07, 6.45) is 0. The van der Waals surface area contributed by atoms with Crippen LogP contribution in [0, 0.1) is 0 Å². The number of benzene rings is 8. The van der Waals surface area contributed by atoms with Gasteiger partial charge in [-0.2, -0.15) is 0 Å². The van der Waals surface area contributed by atoms with Gasteiger partial charge in [-0.25, -0.2) is 9.97 Å². The maximum Gasteiger partial charge on any atom is 0.161 e. The monoisotopic (exact) mass is 649 g/mol. The third-order valence-corrected chi connectivity index (χ3v) is 9.99. The van der Waals surface area contributed by atoms with Gasteiger partial charge in [0, 0.05) is 32.8 Å². The molecule has 0 amide bonds. The molecule has 0 radical (unpaired) electrons. The molecule has 0 saturated carbocycles. The molecule has 10 aromatic rings. The maximum absolute atomic E-state index is 5.20. The van der Waals surface area contributed by atoms with Crippen molar-refractivity contribution in [2.75, 3.05) is 0 Å². The van der Waals surface area contributed by atoms with Gasteiger partial charge in [0.15, 0.2) is 5.82 Å². The Morgan fingerprint density at radius 1 is 0.333 bits per heavy atom. The number of nitrogens with zero attached hydrogens (tertiary/aromatic N) is 3. The molecule has 0 fully saturated rings. The minimum atomic E-state index is 0.706. The first kappa shape index (κ1) is 29.1. The zero-order chi connectivity index (χ0) is 33.7. The van der Waals surface area contributed by atoms with E-state index in [9.17, 15) is 0 Å². The molecular formula is C48H31N3. The van der Waals surface area contributed by atoms with Crippen LogP contribution in [0.2, 0.25) is 0 Å². The lowest BCUT2D eigenvalue weighted by Crippen LogP contribution is -1.99. The molecule has 2 heterocycles. The minimum Gasteiger partial charge on any atom is -0.309 e. The van der Waals surface area contributed by atoms with Gasteiger partial charge in [0.05, 0.1) is 28.1 Å². The average Bonchev–Trinajstić information content (AvgIpc) is 3.52. The van der Waals surface area contributed by atoms with Crippen LogP contribution in [0.15, 0.2) is 188 Å². The fraction of sp³-hybridized carbons (Fsp3) is 0. The Morgan fingerprint density at radius 3 is 1.55 bits per heavy atom. The van der Waals surface area contributed by atoms with Crippen LogP contribution >= 0.6 is 0 Å². The Kier molecular flexibility index (Phi) is 6.81. The van der Waals surface area contributed by atoms with E-state index < -0.39 is 0 Å². The van der Waals surface area contributed by atoms with Crippen molar-refractivity contribution in [1.29, 1.82) is 0 Å². The van der Waals surface area contributed by atoms with Crippen LogP contribution in [0.1, 0.15) is 0 Å². The maximum atomic E-state index is 5.20. The van der Waals surface area contributed by atoms with Crippen LogP contribution in [-0.2, 0) is 0 Å². The Balaban J connectivity index is 1.25. The molecular weight excluding hydrogens is 619 g/mol. The van der Waals surface area contributed by atoms with E-state index in [4.69, 9.17) is 9.97 Å². The molecule has 2 aromatic heterocycles. The van der Waals surface area contributed by atoms with E-state index in [0.717, 1.165) is 44.5 Å². The van der Waals surface area contributed by atoms with Crippen molar-refractivity contribution in [2.24, 2.45) is 0 Å². The van der Waals surface area contributed by atoms with Crippen molar-refractivity contribution < 1.29 is 0 Å². The Labute approximate surface area is 295 Å². The zero-order valence-corrected chi connectivity index (χ0v) is 27.7. The Morgan fingerprint density at radius 2 is 0.882 bits per heavy atom. The van der Waals surface area contributed by atoms with Crippen LogP contribution in [-0.4, -0.2) is 14.5 Å². The largest absolute Gasteiger partial charge is 0.309 e. The highest BCUT2D eigenvalue weighted by Crippen LogP contribution is 2.40. The van der Waals surface area contributed by atoms with Crippen LogP contribution in [0.3, 0.4) is 0 Å². The van der Waals surface area contributed by atoms with Gasteiger partial charge in [0.25, 0.3) is 0 Å². The first-order valence-electron chi connectivity index (χ1n) is 17.3. The lowest BCUT2D eigenvalue weighted by Gasteiger charge is -2.16. The standard InChI is InChI=1S/C48H31N3/c1-4-14-32(15-5-1)37-24-25-40-42-28-35-20-10-11-21-36(35)29-47(42)51(46(40)30-37)45-27-26-41(38-22-12-13-23-39(38)45)48-49-43(33-16-6-2-7-17-33)31-44(50-48)34-18-8-3-9-19-34/h1-31H. The first-order valence-corrected chi connectivity index (χ1v) is 17.3. The van der Waals surface area contributed by atoms with Crippen molar-refractivity contribution in [3.63, 3.8) is 0 Å². The van der Waals surface area contributed by atoms with E-state index in [-0.39, 0.29) is 0 Å². The molecule has 0 spiro atoms. The molecule has 0 saturated heterocycles. The lowest BCUT2D eigenvalue weighted by atomic mass is 10.0. The topological polar surface area (TPSA) is 30.7 Å². The third-order valence-electron chi connectivity index (χ3n) is 9.99. The lowest BCUT2D eigenvalue weighted by molar-refractivity contribution is 1.18. The molecule has 0 atom stereocenters. The normalized spacial score (nSPS) is 11.5. The van der Waals surface area contributed by atoms with Gasteiger partial charge < -0.3 is 4.57 Å². The molecule has 0 aliphatic heterocycles. The van der Waals surface area contributed by atoms with Gasteiger partial charge in [-0.3, -0.25) is 0 Å². The minimum absolute atomic E-state index is 0.706. The van der Waals surface area contributed by atoms with E-state index in [2.05, 4.69) is 180 Å². The van der Waals surface area contributed by atoms with Gasteiger partial charge in [-0.05, 0) is 63.7 Å². The van der Waals surface area contributed by atoms with Crippen molar-refractivity contribution in [3.8, 4) is 50.7 Å². The number of aromatic nitrogens is 3. The third kappa shape index (κ3) is 4.98. The van der Waals surface area contributed by atoms with Crippen molar-refractivity contribution in [1.82, 2.24) is 14.5 Å². The van der Waals surface area contributed by atoms with Crippen LogP contribution in [0.5, 0.6) is 0 Å². The second kappa shape index (κ2) is 11.9. The first-order chi connectivity index (χ1) is 25.3. The molecule has 8 aromatic carbocycles. The van der Waals surface area contributed by atoms with Crippen molar-refractivity contribution in [3.05, 3.63) is 188 Å². The fourth-order valence-electron chi connectivity index (χ4n) is 7.53. The van der Waals surface area contributed by atoms with Crippen molar-refractivity contribution >= 4 is 43.4 Å². The second-order valence-corrected chi connectivity index (χ2v) is 13.0. The predicted molar refractivity (Wildman–Crippen MR) is 213 cm³/mol. The van der Waals surface area contributed by atoms with Gasteiger partial charge in [0.2, 0.25) is 0 Å². The quantitative estimate of drug-likeness (QED) is 0.186. The molecule has 3 heteroatoms. The molecule has 0 bridgehead atoms. The summed E-state index contributed by atoms with van der Waals surface area (Å²) in [5, 5.41) is 7.17. The summed E-state index contributed by atoms with van der Waals surface area (Å²) >= 11 is 0. The number of rotatable bonds is 5. The van der Waals surface area contributed by atoms with Crippen LogP contribution in [0.4, 0.5) is 0 Å². The average molecular weight is 650 g/mol. The highest BCUT2D eigenvalue weighted by Gasteiger charge is 2.19. The summed E-state index contributed by atoms with van der Waals surface area (Å²) in [5.74, 6) is 0.706. The van der Waals surface area contributed by atoms with Crippen LogP contribution < -0.4 is 0 Å². The van der Waals surface area contributed by atoms with E-state index in [1.54, 1.807) is 0 Å². The van der Waals surface area contributed by atoms with Gasteiger partial charge in [0.1, 0.15) is 0 Å². The van der Waals surface area contributed by atoms with E-state index >= 15 is 0 Å². The molecule has 10 rings (SSSR count). The molecule has 3 nitrogen and oxygen atoms in total. The number of hydrogen-bond acceptors (Lipinski definition) is 2. The Bertz CT molecular complexity index is 2830. The summed E-state index contributed by atoms with van der Waals surface area (Å²) in [6.45, 7) is 0. The predicted octanol–water partition coefficient (Wildman–Crippen LogP) is 12.5. The molecule has 0 aliphatic carbocycles. The number of hydrogen-bond donors (Lipinski definition) is 0. The zero-order valence-electron chi connectivity index (χ0n) is 27.7. The fourth-order valence-corrected chi connectivity index (χ4v) is 7.53. The van der Waals surface area contributed by atoms with Gasteiger partial charge >= 0.3 is 0 Å². The summed E-state index contributed by atoms with van der Waals surface area (Å²) in [6, 6.07) is 66.8. The highest BCUT2D eigenvalue weighted by atomic mass is 15.0. The number of fused-ring (bicyclic) bond motifs is 5. The van der Waals surface area contributed by atoms with Gasteiger partial charge in [-0.1, -0.05) is 152 Å². The molecule has 0 aliphatic rings. The highest BCUT2D eigenvalue weighted by molar-refractivity contribution is 6.15. The van der Waals surface area contributed by atoms with E-state index in [0.29, 0.717) is 5.82 Å². The molecule has 0 N–H and O–H groups in total. The van der Waals surface area contributed by atoms with E-state index in [1.165, 1.54) is 43.7 Å². The second-order valence-electron chi connectivity index (χ2n) is 13.0. The van der Waals surface area contributed by atoms with E-state index in [1.807, 2.05) is 12.1 Å². The summed E-state index contributed by atoms with van der Waals surface area (Å²) < 4.78 is 2.45. The summed E-state index contributed by atoms with van der Waals surface area (Å²) in [4.78, 5) is 10.4.